The van der Waals surface area contributed by atoms with Crippen LogP contribution < -0.4 is 5.32 Å². The number of rotatable bonds is 5. The molecule has 0 bridgehead atoms. The molecular formula is C18H23N3O3. The highest BCUT2D eigenvalue weighted by atomic mass is 16.4. The van der Waals surface area contributed by atoms with E-state index >= 15 is 0 Å². The van der Waals surface area contributed by atoms with Gasteiger partial charge in [0, 0.05) is 30.7 Å². The van der Waals surface area contributed by atoms with E-state index < -0.39 is 5.97 Å². The number of aliphatic carboxylic acids is 1. The van der Waals surface area contributed by atoms with Gasteiger partial charge in [-0.1, -0.05) is 18.2 Å². The smallest absolute Gasteiger partial charge is 0.317 e. The fraction of sp³-hybridized carbons (Fsp3) is 0.444. The van der Waals surface area contributed by atoms with Gasteiger partial charge in [0.2, 0.25) is 0 Å². The lowest BCUT2D eigenvalue weighted by Crippen LogP contribution is -2.45. The summed E-state index contributed by atoms with van der Waals surface area (Å²) in [6.07, 6.45) is 3.56. The first kappa shape index (κ1) is 16.4. The van der Waals surface area contributed by atoms with Crippen LogP contribution in [-0.4, -0.2) is 40.1 Å². The predicted molar refractivity (Wildman–Crippen MR) is 91.9 cm³/mol. The van der Waals surface area contributed by atoms with Gasteiger partial charge in [0.05, 0.1) is 6.04 Å². The summed E-state index contributed by atoms with van der Waals surface area (Å²) in [5.41, 5.74) is 2.15. The van der Waals surface area contributed by atoms with Crippen LogP contribution in [0.4, 0.5) is 4.79 Å². The molecule has 2 aromatic rings. The third-order valence-corrected chi connectivity index (χ3v) is 4.52. The standard InChI is InChI=1S/C18H23N3O3/c22-17(23)9-5-10-19-18(24)21-11-4-3-8-16(21)15-12-13-6-1-2-7-14(13)20-15/h1-2,6-7,12,16,20H,3-5,8-11H2,(H,19,24)(H,22,23). The number of carboxylic acid groups (broad SMARTS) is 1. The molecular weight excluding hydrogens is 306 g/mol. The van der Waals surface area contributed by atoms with Crippen molar-refractivity contribution in [1.29, 1.82) is 0 Å². The molecule has 24 heavy (non-hydrogen) atoms. The van der Waals surface area contributed by atoms with Gasteiger partial charge in [0.25, 0.3) is 0 Å². The molecule has 2 amide bonds. The highest BCUT2D eigenvalue weighted by Crippen LogP contribution is 2.32. The first-order chi connectivity index (χ1) is 11.6. The minimum absolute atomic E-state index is 0.0469. The Hall–Kier alpha value is -2.50. The van der Waals surface area contributed by atoms with E-state index in [1.165, 1.54) is 0 Å². The molecule has 1 fully saturated rings. The third kappa shape index (κ3) is 3.69. The molecule has 0 aliphatic carbocycles. The lowest BCUT2D eigenvalue weighted by molar-refractivity contribution is -0.137. The Morgan fingerprint density at radius 2 is 2.12 bits per heavy atom. The highest BCUT2D eigenvalue weighted by Gasteiger charge is 2.28. The van der Waals surface area contributed by atoms with Gasteiger partial charge in [-0.05, 0) is 43.2 Å². The quantitative estimate of drug-likeness (QED) is 0.736. The number of aromatic amines is 1. The molecule has 3 rings (SSSR count). The molecule has 0 saturated carbocycles. The van der Waals surface area contributed by atoms with Crippen molar-refractivity contribution in [1.82, 2.24) is 15.2 Å². The maximum Gasteiger partial charge on any atom is 0.317 e. The van der Waals surface area contributed by atoms with Gasteiger partial charge in [-0.3, -0.25) is 4.79 Å². The molecule has 2 heterocycles. The van der Waals surface area contributed by atoms with Crippen LogP contribution in [0.1, 0.15) is 43.8 Å². The number of nitrogens with one attached hydrogen (secondary N) is 2. The van der Waals surface area contributed by atoms with Crippen molar-refractivity contribution < 1.29 is 14.7 Å². The molecule has 0 spiro atoms. The number of H-pyrrole nitrogens is 1. The van der Waals surface area contributed by atoms with Crippen molar-refractivity contribution in [3.63, 3.8) is 0 Å². The Balaban J connectivity index is 1.68. The van der Waals surface area contributed by atoms with E-state index in [4.69, 9.17) is 5.11 Å². The largest absolute Gasteiger partial charge is 0.481 e. The van der Waals surface area contributed by atoms with Crippen LogP contribution in [0.5, 0.6) is 0 Å². The number of nitrogens with zero attached hydrogens (tertiary/aromatic N) is 1. The van der Waals surface area contributed by atoms with Crippen molar-refractivity contribution >= 4 is 22.9 Å². The van der Waals surface area contributed by atoms with Crippen molar-refractivity contribution in [3.8, 4) is 0 Å². The molecule has 1 aliphatic rings. The number of para-hydroxylation sites is 1. The summed E-state index contributed by atoms with van der Waals surface area (Å²) in [7, 11) is 0. The minimum Gasteiger partial charge on any atom is -0.481 e. The molecule has 1 saturated heterocycles. The van der Waals surface area contributed by atoms with Crippen molar-refractivity contribution in [2.45, 2.75) is 38.1 Å². The number of likely N-dealkylation sites (tertiary alicyclic amines) is 1. The number of benzene rings is 1. The number of carbonyl (C=O) groups excluding carboxylic acids is 1. The van der Waals surface area contributed by atoms with Crippen LogP contribution >= 0.6 is 0 Å². The molecule has 1 aliphatic heterocycles. The summed E-state index contributed by atoms with van der Waals surface area (Å²) in [5, 5.41) is 12.7. The number of amides is 2. The second-order valence-electron chi connectivity index (χ2n) is 6.25. The van der Waals surface area contributed by atoms with Crippen LogP contribution in [0.3, 0.4) is 0 Å². The zero-order valence-corrected chi connectivity index (χ0v) is 13.6. The molecule has 1 atom stereocenters. The molecule has 3 N–H and O–H groups in total. The summed E-state index contributed by atoms with van der Waals surface area (Å²) in [5.74, 6) is -0.835. The molecule has 1 aromatic carbocycles. The number of piperidine rings is 1. The van der Waals surface area contributed by atoms with E-state index in [0.717, 1.165) is 42.4 Å². The van der Waals surface area contributed by atoms with Gasteiger partial charge in [-0.15, -0.1) is 0 Å². The van der Waals surface area contributed by atoms with Crippen LogP contribution in [0, 0.1) is 0 Å². The summed E-state index contributed by atoms with van der Waals surface area (Å²) in [6.45, 7) is 1.12. The van der Waals surface area contributed by atoms with Crippen LogP contribution in [0.15, 0.2) is 30.3 Å². The number of hydrogen-bond donors (Lipinski definition) is 3. The Morgan fingerprint density at radius 3 is 2.92 bits per heavy atom. The van der Waals surface area contributed by atoms with Crippen LogP contribution in [0.25, 0.3) is 10.9 Å². The molecule has 1 unspecified atom stereocenters. The molecule has 1 aromatic heterocycles. The third-order valence-electron chi connectivity index (χ3n) is 4.52. The van der Waals surface area contributed by atoms with E-state index in [-0.39, 0.29) is 18.5 Å². The Kier molecular flexibility index (Phi) is 5.03. The lowest BCUT2D eigenvalue weighted by Gasteiger charge is -2.35. The second kappa shape index (κ2) is 7.38. The summed E-state index contributed by atoms with van der Waals surface area (Å²) in [6, 6.07) is 10.2. The molecule has 6 heteroatoms. The number of aromatic nitrogens is 1. The highest BCUT2D eigenvalue weighted by molar-refractivity contribution is 5.81. The number of hydrogen-bond acceptors (Lipinski definition) is 2. The van der Waals surface area contributed by atoms with Crippen LogP contribution in [0.2, 0.25) is 0 Å². The topological polar surface area (TPSA) is 85.4 Å². The van der Waals surface area contributed by atoms with Gasteiger partial charge < -0.3 is 20.3 Å². The molecule has 128 valence electrons. The number of carbonyl (C=O) groups is 2. The summed E-state index contributed by atoms with van der Waals surface area (Å²) in [4.78, 5) is 28.3. The fourth-order valence-electron chi connectivity index (χ4n) is 3.31. The van der Waals surface area contributed by atoms with Gasteiger partial charge in [-0.25, -0.2) is 4.79 Å². The number of fused-ring (bicyclic) bond motifs is 1. The lowest BCUT2D eigenvalue weighted by atomic mass is 9.99. The van der Waals surface area contributed by atoms with Crippen molar-refractivity contribution in [2.75, 3.05) is 13.1 Å². The minimum atomic E-state index is -0.835. The number of carboxylic acids is 1. The van der Waals surface area contributed by atoms with Crippen molar-refractivity contribution in [3.05, 3.63) is 36.0 Å². The van der Waals surface area contributed by atoms with E-state index in [1.807, 2.05) is 23.1 Å². The van der Waals surface area contributed by atoms with Gasteiger partial charge >= 0.3 is 12.0 Å². The molecule has 0 radical (unpaired) electrons. The van der Waals surface area contributed by atoms with Gasteiger partial charge in [0.15, 0.2) is 0 Å². The second-order valence-corrected chi connectivity index (χ2v) is 6.25. The van der Waals surface area contributed by atoms with Crippen LogP contribution in [-0.2, 0) is 4.79 Å². The van der Waals surface area contributed by atoms with Crippen molar-refractivity contribution in [2.24, 2.45) is 0 Å². The van der Waals surface area contributed by atoms with Gasteiger partial charge in [0.1, 0.15) is 0 Å². The van der Waals surface area contributed by atoms with E-state index in [1.54, 1.807) is 0 Å². The monoisotopic (exact) mass is 329 g/mol. The Labute approximate surface area is 140 Å². The average molecular weight is 329 g/mol. The summed E-state index contributed by atoms with van der Waals surface area (Å²) >= 11 is 0. The Bertz CT molecular complexity index is 692. The maximum atomic E-state index is 12.5. The van der Waals surface area contributed by atoms with Gasteiger partial charge in [-0.2, -0.15) is 0 Å². The van der Waals surface area contributed by atoms with E-state index in [9.17, 15) is 9.59 Å². The summed E-state index contributed by atoms with van der Waals surface area (Å²) < 4.78 is 0. The normalized spacial score (nSPS) is 17.8. The maximum absolute atomic E-state index is 12.5. The fourth-order valence-corrected chi connectivity index (χ4v) is 3.31. The zero-order valence-electron chi connectivity index (χ0n) is 13.6. The zero-order chi connectivity index (χ0) is 16.9. The predicted octanol–water partition coefficient (Wildman–Crippen LogP) is 3.27. The van der Waals surface area contributed by atoms with E-state index in [0.29, 0.717) is 13.0 Å². The SMILES string of the molecule is O=C(O)CCCNC(=O)N1CCCCC1c1cc2ccccc2[nH]1. The average Bonchev–Trinajstić information content (AvgIpc) is 3.02. The number of urea groups is 1. The van der Waals surface area contributed by atoms with E-state index in [2.05, 4.69) is 22.4 Å². The Morgan fingerprint density at radius 1 is 1.29 bits per heavy atom. The molecule has 6 nitrogen and oxygen atoms in total. The first-order valence-electron chi connectivity index (χ1n) is 8.49. The first-order valence-corrected chi connectivity index (χ1v) is 8.49.